The van der Waals surface area contributed by atoms with Gasteiger partial charge in [0, 0.05) is 5.69 Å². The summed E-state index contributed by atoms with van der Waals surface area (Å²) < 4.78 is 4.99. The molecule has 0 aromatic heterocycles. The van der Waals surface area contributed by atoms with E-state index in [1.54, 1.807) is 25.1 Å². The Hall–Kier alpha value is -2.04. The molecule has 0 atom stereocenters. The summed E-state index contributed by atoms with van der Waals surface area (Å²) in [5, 5.41) is 8.91. The van der Waals surface area contributed by atoms with E-state index >= 15 is 0 Å². The van der Waals surface area contributed by atoms with Gasteiger partial charge in [-0.3, -0.25) is 4.79 Å². The lowest BCUT2D eigenvalue weighted by Gasteiger charge is -2.19. The lowest BCUT2D eigenvalue weighted by molar-refractivity contribution is -0.149. The molecule has 0 saturated heterocycles. The summed E-state index contributed by atoms with van der Waals surface area (Å²) in [6, 6.07) is 5.04. The molecule has 0 amide bonds. The number of carboxylic acid groups (broad SMARTS) is 1. The molecule has 0 radical (unpaired) electrons. The van der Waals surface area contributed by atoms with Crippen LogP contribution in [0.15, 0.2) is 18.2 Å². The zero-order chi connectivity index (χ0) is 13.9. The van der Waals surface area contributed by atoms with Crippen molar-refractivity contribution in [2.45, 2.75) is 20.8 Å². The van der Waals surface area contributed by atoms with Gasteiger partial charge in [-0.25, -0.2) is 4.79 Å². The number of aryl methyl sites for hydroxylation is 1. The number of hydrogen-bond donors (Lipinski definition) is 2. The van der Waals surface area contributed by atoms with Gasteiger partial charge in [-0.15, -0.1) is 0 Å². The predicted octanol–water partition coefficient (Wildman–Crippen LogP) is 1.84. The molecule has 0 aliphatic heterocycles. The van der Waals surface area contributed by atoms with Crippen molar-refractivity contribution in [1.29, 1.82) is 0 Å². The summed E-state index contributed by atoms with van der Waals surface area (Å²) in [5.74, 6) is -1.63. The number of nitrogen functional groups attached to an aromatic ring is 1. The molecule has 1 rings (SSSR count). The van der Waals surface area contributed by atoms with Gasteiger partial charge < -0.3 is 15.6 Å². The van der Waals surface area contributed by atoms with Gasteiger partial charge in [0.25, 0.3) is 0 Å². The summed E-state index contributed by atoms with van der Waals surface area (Å²) in [4.78, 5) is 22.7. The zero-order valence-electron chi connectivity index (χ0n) is 10.7. The molecule has 1 aromatic rings. The second-order valence-corrected chi connectivity index (χ2v) is 4.80. The third-order valence-electron chi connectivity index (χ3n) is 2.69. The first kappa shape index (κ1) is 14.0. The van der Waals surface area contributed by atoms with Crippen LogP contribution in [0.25, 0.3) is 0 Å². The molecule has 0 heterocycles. The summed E-state index contributed by atoms with van der Waals surface area (Å²) in [5.41, 5.74) is 6.05. The number of rotatable bonds is 4. The third-order valence-corrected chi connectivity index (χ3v) is 2.69. The fourth-order valence-electron chi connectivity index (χ4n) is 1.24. The molecule has 3 N–H and O–H groups in total. The minimum Gasteiger partial charge on any atom is -0.481 e. The van der Waals surface area contributed by atoms with E-state index in [1.807, 2.05) is 0 Å². The molecule has 0 aliphatic rings. The van der Waals surface area contributed by atoms with Crippen molar-refractivity contribution in [3.8, 4) is 0 Å². The average molecular weight is 251 g/mol. The Kier molecular flexibility index (Phi) is 3.96. The number of esters is 1. The van der Waals surface area contributed by atoms with Crippen LogP contribution < -0.4 is 5.73 Å². The minimum absolute atomic E-state index is 0.200. The number of nitrogens with two attached hydrogens (primary N) is 1. The molecule has 0 saturated carbocycles. The Morgan fingerprint density at radius 2 is 2.00 bits per heavy atom. The van der Waals surface area contributed by atoms with Crippen molar-refractivity contribution in [3.05, 3.63) is 29.3 Å². The Balaban J connectivity index is 2.78. The number of carboxylic acids is 1. The van der Waals surface area contributed by atoms with Crippen LogP contribution in [-0.2, 0) is 9.53 Å². The Labute approximate surface area is 106 Å². The van der Waals surface area contributed by atoms with Gasteiger partial charge in [0.15, 0.2) is 0 Å². The fraction of sp³-hybridized carbons (Fsp3) is 0.385. The number of carbonyl (C=O) groups is 2. The van der Waals surface area contributed by atoms with E-state index in [4.69, 9.17) is 15.6 Å². The first-order valence-corrected chi connectivity index (χ1v) is 5.51. The molecule has 18 heavy (non-hydrogen) atoms. The molecule has 0 spiro atoms. The van der Waals surface area contributed by atoms with Gasteiger partial charge in [-0.05, 0) is 32.4 Å². The van der Waals surface area contributed by atoms with Crippen LogP contribution in [0.5, 0.6) is 0 Å². The van der Waals surface area contributed by atoms with Crippen LogP contribution in [-0.4, -0.2) is 23.7 Å². The fourth-order valence-corrected chi connectivity index (χ4v) is 1.24. The van der Waals surface area contributed by atoms with E-state index in [-0.39, 0.29) is 12.2 Å². The average Bonchev–Trinajstić information content (AvgIpc) is 2.29. The Morgan fingerprint density at radius 1 is 1.39 bits per heavy atom. The molecular weight excluding hydrogens is 234 g/mol. The summed E-state index contributed by atoms with van der Waals surface area (Å²) in [6.45, 7) is 4.56. The number of carbonyl (C=O) groups excluding carboxylic acids is 1. The number of hydrogen-bond acceptors (Lipinski definition) is 4. The summed E-state index contributed by atoms with van der Waals surface area (Å²) in [6.07, 6.45) is 0. The van der Waals surface area contributed by atoms with Crippen molar-refractivity contribution in [2.24, 2.45) is 5.41 Å². The first-order chi connectivity index (χ1) is 8.25. The maximum absolute atomic E-state index is 11.8. The number of benzene rings is 1. The minimum atomic E-state index is -1.12. The molecular formula is C13H17NO4. The largest absolute Gasteiger partial charge is 0.481 e. The molecule has 1 aromatic carbocycles. The topological polar surface area (TPSA) is 89.6 Å². The lowest BCUT2D eigenvalue weighted by Crippen LogP contribution is -2.30. The van der Waals surface area contributed by atoms with Gasteiger partial charge >= 0.3 is 11.9 Å². The third kappa shape index (κ3) is 3.00. The predicted molar refractivity (Wildman–Crippen MR) is 67.3 cm³/mol. The highest BCUT2D eigenvalue weighted by atomic mass is 16.5. The SMILES string of the molecule is Cc1cccc(C(=O)OCC(C)(C)C(=O)O)c1N. The zero-order valence-corrected chi connectivity index (χ0v) is 10.7. The van der Waals surface area contributed by atoms with Crippen LogP contribution in [0.4, 0.5) is 5.69 Å². The number of aliphatic carboxylic acids is 1. The molecule has 98 valence electrons. The lowest BCUT2D eigenvalue weighted by atomic mass is 9.95. The van der Waals surface area contributed by atoms with E-state index in [1.165, 1.54) is 13.8 Å². The summed E-state index contributed by atoms with van der Waals surface area (Å²) >= 11 is 0. The van der Waals surface area contributed by atoms with E-state index in [9.17, 15) is 9.59 Å². The Bertz CT molecular complexity index is 480. The number of para-hydroxylation sites is 1. The first-order valence-electron chi connectivity index (χ1n) is 5.51. The second kappa shape index (κ2) is 5.08. The molecule has 0 unspecified atom stereocenters. The molecule has 0 bridgehead atoms. The van der Waals surface area contributed by atoms with Gasteiger partial charge in [-0.1, -0.05) is 12.1 Å². The smallest absolute Gasteiger partial charge is 0.340 e. The van der Waals surface area contributed by atoms with E-state index < -0.39 is 17.4 Å². The monoisotopic (exact) mass is 251 g/mol. The van der Waals surface area contributed by atoms with E-state index in [0.29, 0.717) is 5.69 Å². The van der Waals surface area contributed by atoms with Gasteiger partial charge in [0.05, 0.1) is 11.0 Å². The highest BCUT2D eigenvalue weighted by Crippen LogP contribution is 2.20. The quantitative estimate of drug-likeness (QED) is 0.629. The van der Waals surface area contributed by atoms with E-state index in [0.717, 1.165) is 5.56 Å². The van der Waals surface area contributed by atoms with Crippen LogP contribution in [0.1, 0.15) is 29.8 Å². The van der Waals surface area contributed by atoms with Crippen molar-refractivity contribution >= 4 is 17.6 Å². The number of anilines is 1. The van der Waals surface area contributed by atoms with Crippen LogP contribution in [0.3, 0.4) is 0 Å². The van der Waals surface area contributed by atoms with Crippen molar-refractivity contribution in [2.75, 3.05) is 12.3 Å². The maximum Gasteiger partial charge on any atom is 0.340 e. The van der Waals surface area contributed by atoms with Crippen LogP contribution in [0.2, 0.25) is 0 Å². The Morgan fingerprint density at radius 3 is 2.56 bits per heavy atom. The van der Waals surface area contributed by atoms with Gasteiger partial charge in [-0.2, -0.15) is 0 Å². The van der Waals surface area contributed by atoms with Gasteiger partial charge in [0.1, 0.15) is 6.61 Å². The number of ether oxygens (including phenoxy) is 1. The second-order valence-electron chi connectivity index (χ2n) is 4.80. The maximum atomic E-state index is 11.8. The summed E-state index contributed by atoms with van der Waals surface area (Å²) in [7, 11) is 0. The van der Waals surface area contributed by atoms with Crippen molar-refractivity contribution in [1.82, 2.24) is 0 Å². The normalized spacial score (nSPS) is 11.1. The molecule has 0 aliphatic carbocycles. The van der Waals surface area contributed by atoms with Crippen LogP contribution >= 0.6 is 0 Å². The standard InChI is InChI=1S/C13H17NO4/c1-8-5-4-6-9(10(8)14)11(15)18-7-13(2,3)12(16)17/h4-6H,7,14H2,1-3H3,(H,16,17). The van der Waals surface area contributed by atoms with Crippen LogP contribution in [0, 0.1) is 12.3 Å². The highest BCUT2D eigenvalue weighted by molar-refractivity contribution is 5.95. The van der Waals surface area contributed by atoms with Gasteiger partial charge in [0.2, 0.25) is 0 Å². The molecule has 5 nitrogen and oxygen atoms in total. The van der Waals surface area contributed by atoms with Crippen molar-refractivity contribution < 1.29 is 19.4 Å². The molecule has 0 fully saturated rings. The van der Waals surface area contributed by atoms with E-state index in [2.05, 4.69) is 0 Å². The highest BCUT2D eigenvalue weighted by Gasteiger charge is 2.29. The van der Waals surface area contributed by atoms with Crippen molar-refractivity contribution in [3.63, 3.8) is 0 Å². The molecule has 5 heteroatoms.